The van der Waals surface area contributed by atoms with Gasteiger partial charge >= 0.3 is 7.60 Å². The Morgan fingerprint density at radius 3 is 2.11 bits per heavy atom. The fourth-order valence-electron chi connectivity index (χ4n) is 1.88. The van der Waals surface area contributed by atoms with E-state index < -0.39 is 18.7 Å². The van der Waals surface area contributed by atoms with Gasteiger partial charge in [-0.05, 0) is 25.0 Å². The first-order chi connectivity index (χ1) is 8.37. The predicted molar refractivity (Wildman–Crippen MR) is 70.4 cm³/mol. The third-order valence-corrected chi connectivity index (χ3v) is 5.13. The van der Waals surface area contributed by atoms with Crippen molar-refractivity contribution in [2.75, 3.05) is 5.32 Å². The molecule has 100 valence electrons. The Morgan fingerprint density at radius 1 is 1.22 bits per heavy atom. The highest BCUT2D eigenvalue weighted by Crippen LogP contribution is 2.54. The fourth-order valence-corrected chi connectivity index (χ4v) is 3.03. The van der Waals surface area contributed by atoms with Gasteiger partial charge in [-0.15, -0.1) is 0 Å². The van der Waals surface area contributed by atoms with Crippen LogP contribution in [0.3, 0.4) is 0 Å². The third-order valence-electron chi connectivity index (χ3n) is 3.18. The van der Waals surface area contributed by atoms with Crippen LogP contribution in [0.25, 0.3) is 0 Å². The summed E-state index contributed by atoms with van der Waals surface area (Å²) < 4.78 is 11.6. The van der Waals surface area contributed by atoms with E-state index >= 15 is 0 Å². The summed E-state index contributed by atoms with van der Waals surface area (Å²) in [4.78, 5) is 31.0. The molecule has 1 rings (SSSR count). The summed E-state index contributed by atoms with van der Waals surface area (Å²) in [7, 11) is -4.51. The molecule has 0 aliphatic heterocycles. The van der Waals surface area contributed by atoms with Gasteiger partial charge in [-0.1, -0.05) is 32.0 Å². The Balaban J connectivity index is 3.02. The molecule has 3 N–H and O–H groups in total. The van der Waals surface area contributed by atoms with Crippen LogP contribution in [-0.4, -0.2) is 20.9 Å². The van der Waals surface area contributed by atoms with E-state index in [-0.39, 0.29) is 12.8 Å². The minimum atomic E-state index is -4.51. The molecule has 0 aliphatic rings. The van der Waals surface area contributed by atoms with Crippen LogP contribution in [0.1, 0.15) is 26.7 Å². The summed E-state index contributed by atoms with van der Waals surface area (Å²) in [5.74, 6) is -0.632. The van der Waals surface area contributed by atoms with E-state index in [1.165, 1.54) is 0 Å². The Hall–Kier alpha value is -1.16. The molecule has 0 radical (unpaired) electrons. The summed E-state index contributed by atoms with van der Waals surface area (Å²) in [5.41, 5.74) is 0.530. The van der Waals surface area contributed by atoms with Crippen LogP contribution >= 0.6 is 7.60 Å². The molecule has 0 atom stereocenters. The molecular weight excluding hydrogens is 253 g/mol. The average molecular weight is 271 g/mol. The van der Waals surface area contributed by atoms with Crippen LogP contribution < -0.4 is 5.32 Å². The van der Waals surface area contributed by atoms with Crippen LogP contribution in [0.4, 0.5) is 5.69 Å². The van der Waals surface area contributed by atoms with E-state index in [2.05, 4.69) is 5.32 Å². The molecule has 0 unspecified atom stereocenters. The smallest absolute Gasteiger partial charge is 0.325 e. The van der Waals surface area contributed by atoms with Gasteiger partial charge in [-0.25, -0.2) is 0 Å². The van der Waals surface area contributed by atoms with Crippen molar-refractivity contribution in [2.45, 2.75) is 31.8 Å². The highest BCUT2D eigenvalue weighted by Gasteiger charge is 2.50. The first kappa shape index (κ1) is 14.9. The molecule has 1 aromatic carbocycles. The Kier molecular flexibility index (Phi) is 4.68. The molecule has 5 nitrogen and oxygen atoms in total. The maximum atomic E-state index is 12.1. The molecular formula is C12H18NO4P. The standard InChI is InChI=1S/C12H18NO4P/c1-3-12(4-2,18(15,16)17)11(14)13-10-8-6-5-7-9-10/h5-9H,3-4H2,1-2H3,(H,13,14)(H2,15,16,17). The van der Waals surface area contributed by atoms with Crippen molar-refractivity contribution in [3.63, 3.8) is 0 Å². The molecule has 0 saturated carbocycles. The number of para-hydroxylation sites is 1. The molecule has 0 heterocycles. The molecule has 0 bridgehead atoms. The summed E-state index contributed by atoms with van der Waals surface area (Å²) in [6, 6.07) is 8.63. The fraction of sp³-hybridized carbons (Fsp3) is 0.417. The number of carbonyl (C=O) groups excluding carboxylic acids is 1. The lowest BCUT2D eigenvalue weighted by atomic mass is 10.0. The largest absolute Gasteiger partial charge is 0.341 e. The second-order valence-electron chi connectivity index (χ2n) is 4.10. The van der Waals surface area contributed by atoms with E-state index in [9.17, 15) is 19.1 Å². The molecule has 6 heteroatoms. The highest BCUT2D eigenvalue weighted by molar-refractivity contribution is 7.54. The van der Waals surface area contributed by atoms with E-state index in [0.717, 1.165) is 0 Å². The molecule has 0 aromatic heterocycles. The first-order valence-corrected chi connectivity index (χ1v) is 7.40. The van der Waals surface area contributed by atoms with Crippen LogP contribution in [-0.2, 0) is 9.36 Å². The maximum absolute atomic E-state index is 12.1. The van der Waals surface area contributed by atoms with Crippen molar-refractivity contribution >= 4 is 19.2 Å². The molecule has 0 saturated heterocycles. The van der Waals surface area contributed by atoms with Gasteiger partial charge in [0.1, 0.15) is 5.16 Å². The molecule has 18 heavy (non-hydrogen) atoms. The van der Waals surface area contributed by atoms with Crippen molar-refractivity contribution in [1.82, 2.24) is 0 Å². The topological polar surface area (TPSA) is 86.6 Å². The number of anilines is 1. The van der Waals surface area contributed by atoms with Crippen LogP contribution in [0.5, 0.6) is 0 Å². The van der Waals surface area contributed by atoms with E-state index in [0.29, 0.717) is 5.69 Å². The number of amides is 1. The van der Waals surface area contributed by atoms with Gasteiger partial charge in [0.05, 0.1) is 0 Å². The molecule has 0 spiro atoms. The van der Waals surface area contributed by atoms with Crippen LogP contribution in [0, 0.1) is 0 Å². The van der Waals surface area contributed by atoms with Gasteiger partial charge in [0.2, 0.25) is 5.91 Å². The summed E-state index contributed by atoms with van der Waals surface area (Å²) in [6.07, 6.45) is 0.179. The summed E-state index contributed by atoms with van der Waals surface area (Å²) in [6.45, 7) is 3.21. The summed E-state index contributed by atoms with van der Waals surface area (Å²) in [5, 5.41) is 0.910. The zero-order valence-corrected chi connectivity index (χ0v) is 11.4. The first-order valence-electron chi connectivity index (χ1n) is 5.79. The monoisotopic (exact) mass is 271 g/mol. The second kappa shape index (κ2) is 5.65. The molecule has 1 amide bonds. The lowest BCUT2D eigenvalue weighted by Crippen LogP contribution is -2.41. The number of benzene rings is 1. The Labute approximate surface area is 106 Å². The SMILES string of the molecule is CCC(CC)(C(=O)Nc1ccccc1)P(=O)(O)O. The number of nitrogens with one attached hydrogen (secondary N) is 1. The van der Waals surface area contributed by atoms with E-state index in [1.807, 2.05) is 0 Å². The number of hydrogen-bond donors (Lipinski definition) is 3. The van der Waals surface area contributed by atoms with Gasteiger partial charge in [0.15, 0.2) is 0 Å². The molecule has 0 aliphatic carbocycles. The van der Waals surface area contributed by atoms with Crippen molar-refractivity contribution in [3.8, 4) is 0 Å². The number of rotatable bonds is 5. The van der Waals surface area contributed by atoms with Gasteiger partial charge in [0, 0.05) is 5.69 Å². The van der Waals surface area contributed by atoms with Gasteiger partial charge in [-0.3, -0.25) is 9.36 Å². The minimum Gasteiger partial charge on any atom is -0.325 e. The Morgan fingerprint density at radius 2 is 1.72 bits per heavy atom. The average Bonchev–Trinajstić information content (AvgIpc) is 2.30. The van der Waals surface area contributed by atoms with Crippen molar-refractivity contribution in [3.05, 3.63) is 30.3 Å². The van der Waals surface area contributed by atoms with Crippen LogP contribution in [0.15, 0.2) is 30.3 Å². The lowest BCUT2D eigenvalue weighted by molar-refractivity contribution is -0.119. The second-order valence-corrected chi connectivity index (χ2v) is 6.05. The van der Waals surface area contributed by atoms with Gasteiger partial charge in [0.25, 0.3) is 0 Å². The van der Waals surface area contributed by atoms with Crippen molar-refractivity contribution < 1.29 is 19.1 Å². The van der Waals surface area contributed by atoms with E-state index in [4.69, 9.17) is 0 Å². The van der Waals surface area contributed by atoms with E-state index in [1.54, 1.807) is 44.2 Å². The zero-order valence-electron chi connectivity index (χ0n) is 10.5. The van der Waals surface area contributed by atoms with Gasteiger partial charge in [-0.2, -0.15) is 0 Å². The number of hydrogen-bond acceptors (Lipinski definition) is 2. The summed E-state index contributed by atoms with van der Waals surface area (Å²) >= 11 is 0. The highest BCUT2D eigenvalue weighted by atomic mass is 31.2. The van der Waals surface area contributed by atoms with Crippen LogP contribution in [0.2, 0.25) is 0 Å². The molecule has 0 fully saturated rings. The van der Waals surface area contributed by atoms with Crippen molar-refractivity contribution in [1.29, 1.82) is 0 Å². The lowest BCUT2D eigenvalue weighted by Gasteiger charge is -2.30. The number of carbonyl (C=O) groups is 1. The third kappa shape index (κ3) is 2.80. The quantitative estimate of drug-likeness (QED) is 0.717. The maximum Gasteiger partial charge on any atom is 0.341 e. The minimum absolute atomic E-state index is 0.0897. The van der Waals surface area contributed by atoms with Crippen molar-refractivity contribution in [2.24, 2.45) is 0 Å². The van der Waals surface area contributed by atoms with Gasteiger partial charge < -0.3 is 15.1 Å². The zero-order chi connectivity index (χ0) is 13.8. The molecule has 1 aromatic rings. The Bertz CT molecular complexity index is 450. The predicted octanol–water partition coefficient (Wildman–Crippen LogP) is 2.36. The normalized spacial score (nSPS) is 12.2.